The fraction of sp³-hybridized carbons (Fsp3) is 0.462. The molecule has 9 heteroatoms. The molecule has 2 aromatic rings. The number of methoxy groups -OCH3 is 1. The van der Waals surface area contributed by atoms with Crippen molar-refractivity contribution in [2.45, 2.75) is 30.6 Å². The summed E-state index contributed by atoms with van der Waals surface area (Å²) in [6.45, 7) is 1.96. The number of amidine groups is 1. The number of benzene rings is 2. The fourth-order valence-electron chi connectivity index (χ4n) is 5.30. The summed E-state index contributed by atoms with van der Waals surface area (Å²) in [7, 11) is -1.64. The highest BCUT2D eigenvalue weighted by Gasteiger charge is 2.49. The molecule has 2 atom stereocenters. The second-order valence-electron chi connectivity index (χ2n) is 9.53. The van der Waals surface area contributed by atoms with Crippen molar-refractivity contribution in [1.29, 1.82) is 0 Å². The Kier molecular flexibility index (Phi) is 7.18. The van der Waals surface area contributed by atoms with Crippen LogP contribution in [0.5, 0.6) is 0 Å². The smallest absolute Gasteiger partial charge is 0.274 e. The van der Waals surface area contributed by atoms with Gasteiger partial charge in [-0.15, -0.1) is 0 Å². The first-order chi connectivity index (χ1) is 16.9. The molecule has 0 bridgehead atoms. The van der Waals surface area contributed by atoms with E-state index < -0.39 is 9.84 Å². The van der Waals surface area contributed by atoms with Crippen LogP contribution in [0.4, 0.5) is 11.4 Å². The van der Waals surface area contributed by atoms with Crippen LogP contribution in [0, 0.1) is 5.92 Å². The minimum absolute atomic E-state index is 0.0822. The third-order valence-corrected chi connectivity index (χ3v) is 10.2. The van der Waals surface area contributed by atoms with Crippen LogP contribution in [-0.2, 0) is 25.8 Å². The van der Waals surface area contributed by atoms with Crippen LogP contribution in [0.2, 0.25) is 0 Å². The quantitative estimate of drug-likeness (QED) is 0.586. The Labute approximate surface area is 211 Å². The topological polar surface area (TPSA) is 79.3 Å². The molecule has 3 fully saturated rings. The second kappa shape index (κ2) is 10.3. The van der Waals surface area contributed by atoms with Gasteiger partial charge in [-0.2, -0.15) is 4.99 Å². The monoisotopic (exact) mass is 513 g/mol. The molecule has 186 valence electrons. The van der Waals surface area contributed by atoms with Crippen LogP contribution in [0.1, 0.15) is 18.4 Å². The molecule has 3 aliphatic rings. The van der Waals surface area contributed by atoms with Crippen molar-refractivity contribution in [2.24, 2.45) is 10.9 Å². The highest BCUT2D eigenvalue weighted by atomic mass is 32.2. The number of aliphatic imine (C=N–C) groups is 1. The van der Waals surface area contributed by atoms with Gasteiger partial charge in [0.05, 0.1) is 17.5 Å². The predicted octanol–water partition coefficient (Wildman–Crippen LogP) is 3.39. The average Bonchev–Trinajstić information content (AvgIpc) is 3.31. The molecule has 3 saturated heterocycles. The summed E-state index contributed by atoms with van der Waals surface area (Å²) in [5.41, 5.74) is 3.45. The molecule has 2 aromatic carbocycles. The van der Waals surface area contributed by atoms with Gasteiger partial charge in [0.15, 0.2) is 15.0 Å². The van der Waals surface area contributed by atoms with Crippen molar-refractivity contribution >= 4 is 44.0 Å². The fourth-order valence-corrected chi connectivity index (χ4v) is 9.23. The first kappa shape index (κ1) is 24.3. The van der Waals surface area contributed by atoms with E-state index in [4.69, 9.17) is 4.74 Å². The Balaban J connectivity index is 1.28. The summed E-state index contributed by atoms with van der Waals surface area (Å²) in [5, 5.41) is 0.448. The number of carbonyl (C=O) groups is 1. The first-order valence-electron chi connectivity index (χ1n) is 12.1. The maximum absolute atomic E-state index is 12.3. The zero-order valence-electron chi connectivity index (χ0n) is 19.9. The van der Waals surface area contributed by atoms with Gasteiger partial charge in [-0.25, -0.2) is 8.42 Å². The molecule has 5 rings (SSSR count). The largest absolute Gasteiger partial charge is 0.375 e. The zero-order valence-corrected chi connectivity index (χ0v) is 21.5. The number of fused-ring (bicyclic) bond motifs is 1. The van der Waals surface area contributed by atoms with Gasteiger partial charge >= 0.3 is 0 Å². The number of thioether (sulfide) groups is 1. The summed E-state index contributed by atoms with van der Waals surface area (Å²) in [6, 6.07) is 18.7. The molecular weight excluding hydrogens is 482 g/mol. The van der Waals surface area contributed by atoms with E-state index in [9.17, 15) is 13.2 Å². The normalized spacial score (nSPS) is 25.2. The van der Waals surface area contributed by atoms with Gasteiger partial charge in [-0.1, -0.05) is 42.1 Å². The lowest BCUT2D eigenvalue weighted by Crippen LogP contribution is -2.38. The van der Waals surface area contributed by atoms with E-state index in [1.807, 2.05) is 17.0 Å². The predicted molar refractivity (Wildman–Crippen MR) is 142 cm³/mol. The van der Waals surface area contributed by atoms with Crippen LogP contribution in [-0.4, -0.2) is 69.1 Å². The molecule has 7 nitrogen and oxygen atoms in total. The number of ether oxygens (including phenoxy) is 1. The van der Waals surface area contributed by atoms with E-state index in [-0.39, 0.29) is 35.3 Å². The third-order valence-electron chi connectivity index (χ3n) is 7.03. The van der Waals surface area contributed by atoms with E-state index in [0.717, 1.165) is 25.2 Å². The van der Waals surface area contributed by atoms with Gasteiger partial charge in [0.2, 0.25) is 0 Å². The van der Waals surface area contributed by atoms with Gasteiger partial charge in [-0.05, 0) is 55.0 Å². The lowest BCUT2D eigenvalue weighted by molar-refractivity contribution is -0.121. The zero-order chi connectivity index (χ0) is 24.4. The van der Waals surface area contributed by atoms with E-state index in [2.05, 4.69) is 52.4 Å². The molecule has 3 heterocycles. The van der Waals surface area contributed by atoms with Gasteiger partial charge in [0.1, 0.15) is 6.61 Å². The number of rotatable bonds is 6. The molecule has 1 amide bonds. The number of sulfone groups is 1. The number of carbonyl (C=O) groups excluding carboxylic acids is 1. The molecule has 0 unspecified atom stereocenters. The number of hydrogen-bond donors (Lipinski definition) is 0. The minimum atomic E-state index is -3.10. The number of nitrogens with zero attached hydrogens (tertiary/aromatic N) is 3. The maximum Gasteiger partial charge on any atom is 0.274 e. The Bertz CT molecular complexity index is 1180. The summed E-state index contributed by atoms with van der Waals surface area (Å²) in [5.74, 6) is 0.544. The first-order valence-corrected chi connectivity index (χ1v) is 14.8. The molecule has 0 saturated carbocycles. The number of amides is 1. The highest BCUT2D eigenvalue weighted by molar-refractivity contribution is 8.16. The number of hydrogen-bond acceptors (Lipinski definition) is 6. The molecule has 0 N–H and O–H groups in total. The summed E-state index contributed by atoms with van der Waals surface area (Å²) >= 11 is 1.38. The van der Waals surface area contributed by atoms with Crippen molar-refractivity contribution in [3.63, 3.8) is 0 Å². The van der Waals surface area contributed by atoms with Crippen molar-refractivity contribution < 1.29 is 17.9 Å². The van der Waals surface area contributed by atoms with Crippen LogP contribution >= 0.6 is 11.8 Å². The van der Waals surface area contributed by atoms with Gasteiger partial charge in [-0.3, -0.25) is 4.79 Å². The van der Waals surface area contributed by atoms with E-state index in [0.29, 0.717) is 11.1 Å². The van der Waals surface area contributed by atoms with Crippen molar-refractivity contribution in [1.82, 2.24) is 0 Å². The van der Waals surface area contributed by atoms with Gasteiger partial charge < -0.3 is 14.5 Å². The van der Waals surface area contributed by atoms with Gasteiger partial charge in [0, 0.05) is 36.8 Å². The molecule has 0 spiro atoms. The number of anilines is 2. The molecule has 3 aliphatic heterocycles. The average molecular weight is 514 g/mol. The molecule has 0 aliphatic carbocycles. The lowest BCUT2D eigenvalue weighted by atomic mass is 9.90. The minimum Gasteiger partial charge on any atom is -0.375 e. The molecule has 35 heavy (non-hydrogen) atoms. The Morgan fingerprint density at radius 3 is 2.40 bits per heavy atom. The Hall–Kier alpha value is -2.36. The molecule has 0 radical (unpaired) electrons. The molecular formula is C26H31N3O4S2. The highest BCUT2D eigenvalue weighted by Crippen LogP contribution is 2.41. The SMILES string of the molecule is COCC(=O)N=C1S[C@@H]2CS(=O)(=O)C[C@H]2N1c1ccc(N2CCC(Cc3ccccc3)CC2)cc1. The van der Waals surface area contributed by atoms with E-state index >= 15 is 0 Å². The standard InChI is InChI=1S/C26H31N3O4S2/c1-33-16-25(30)27-26-29(23-17-35(31,32)18-24(23)34-26)22-9-7-21(8-10-22)28-13-11-20(12-14-28)15-19-5-3-2-4-6-19/h2-10,20,23-24H,11-18H2,1H3/t23-,24-/m1/s1. The van der Waals surface area contributed by atoms with E-state index in [1.54, 1.807) is 0 Å². The van der Waals surface area contributed by atoms with Gasteiger partial charge in [0.25, 0.3) is 5.91 Å². The van der Waals surface area contributed by atoms with Crippen LogP contribution in [0.25, 0.3) is 0 Å². The van der Waals surface area contributed by atoms with Crippen molar-refractivity contribution in [3.05, 3.63) is 60.2 Å². The van der Waals surface area contributed by atoms with Crippen LogP contribution in [0.15, 0.2) is 59.6 Å². The van der Waals surface area contributed by atoms with Crippen molar-refractivity contribution in [2.75, 3.05) is 48.1 Å². The lowest BCUT2D eigenvalue weighted by Gasteiger charge is -2.34. The Morgan fingerprint density at radius 1 is 1.03 bits per heavy atom. The summed E-state index contributed by atoms with van der Waals surface area (Å²) in [6.07, 6.45) is 3.47. The summed E-state index contributed by atoms with van der Waals surface area (Å²) < 4.78 is 29.5. The maximum atomic E-state index is 12.3. The van der Waals surface area contributed by atoms with Crippen LogP contribution < -0.4 is 9.80 Å². The van der Waals surface area contributed by atoms with E-state index in [1.165, 1.54) is 43.0 Å². The van der Waals surface area contributed by atoms with Crippen LogP contribution in [0.3, 0.4) is 0 Å². The third kappa shape index (κ3) is 5.57. The summed E-state index contributed by atoms with van der Waals surface area (Å²) in [4.78, 5) is 20.7. The second-order valence-corrected chi connectivity index (χ2v) is 12.9. The molecule has 0 aromatic heterocycles. The Morgan fingerprint density at radius 2 is 1.71 bits per heavy atom. The van der Waals surface area contributed by atoms with Crippen molar-refractivity contribution in [3.8, 4) is 0 Å². The number of piperidine rings is 1.